The van der Waals surface area contributed by atoms with Crippen LogP contribution in [0.25, 0.3) is 5.69 Å². The van der Waals surface area contributed by atoms with Crippen molar-refractivity contribution in [3.8, 4) is 5.69 Å². The molecule has 7 heteroatoms. The molecule has 0 amide bonds. The number of nitrogens with zero attached hydrogens (tertiary/aromatic N) is 4. The number of nitrogens with one attached hydrogen (secondary N) is 1. The smallest absolute Gasteiger partial charge is 0.162 e. The first-order valence-corrected chi connectivity index (χ1v) is 7.57. The number of hydrogen-bond donors (Lipinski definition) is 1. The Morgan fingerprint density at radius 1 is 1.21 bits per heavy atom. The number of anilines is 1. The number of rotatable bonds is 2. The molecule has 0 saturated carbocycles. The van der Waals surface area contributed by atoms with Crippen molar-refractivity contribution in [2.75, 3.05) is 5.32 Å². The number of benzene rings is 1. The Bertz CT molecular complexity index is 918. The maximum absolute atomic E-state index is 14.5. The van der Waals surface area contributed by atoms with Gasteiger partial charge in [-0.3, -0.25) is 9.55 Å². The summed E-state index contributed by atoms with van der Waals surface area (Å²) >= 11 is 0. The van der Waals surface area contributed by atoms with Gasteiger partial charge in [0, 0.05) is 24.9 Å². The lowest BCUT2D eigenvalue weighted by Gasteiger charge is -2.34. The number of fused-ring (bicyclic) bond motifs is 3. The van der Waals surface area contributed by atoms with Gasteiger partial charge in [0.15, 0.2) is 11.6 Å². The van der Waals surface area contributed by atoms with E-state index in [4.69, 9.17) is 0 Å². The molecule has 1 aliphatic heterocycles. The molecule has 0 bridgehead atoms. The van der Waals surface area contributed by atoms with Gasteiger partial charge in [-0.1, -0.05) is 6.07 Å². The van der Waals surface area contributed by atoms with Crippen LogP contribution in [0.5, 0.6) is 0 Å². The fourth-order valence-corrected chi connectivity index (χ4v) is 3.04. The Kier molecular flexibility index (Phi) is 3.13. The van der Waals surface area contributed by atoms with Crippen molar-refractivity contribution in [3.63, 3.8) is 0 Å². The van der Waals surface area contributed by atoms with E-state index in [0.717, 1.165) is 11.6 Å². The summed E-state index contributed by atoms with van der Waals surface area (Å²) in [6, 6.07) is 5.91. The molecule has 1 N–H and O–H groups in total. The highest BCUT2D eigenvalue weighted by molar-refractivity contribution is 5.67. The first kappa shape index (κ1) is 14.7. The number of hydrogen-bond acceptors (Lipinski definition) is 4. The van der Waals surface area contributed by atoms with Crippen molar-refractivity contribution in [1.82, 2.24) is 19.7 Å². The lowest BCUT2D eigenvalue weighted by Crippen LogP contribution is -2.36. The fraction of sp³-hybridized carbons (Fsp3) is 0.235. The minimum atomic E-state index is -0.651. The van der Waals surface area contributed by atoms with Crippen LogP contribution in [0.1, 0.15) is 31.1 Å². The minimum Gasteiger partial charge on any atom is -0.371 e. The quantitative estimate of drug-likeness (QED) is 0.785. The molecular weight excluding hydrogens is 312 g/mol. The second-order valence-corrected chi connectivity index (χ2v) is 6.35. The van der Waals surface area contributed by atoms with Gasteiger partial charge in [0.05, 0.1) is 11.2 Å². The van der Waals surface area contributed by atoms with Crippen LogP contribution in [-0.2, 0) is 12.0 Å². The topological polar surface area (TPSA) is 55.6 Å². The maximum atomic E-state index is 14.5. The second kappa shape index (κ2) is 5.09. The van der Waals surface area contributed by atoms with E-state index in [0.29, 0.717) is 23.8 Å². The van der Waals surface area contributed by atoms with E-state index < -0.39 is 17.2 Å². The van der Waals surface area contributed by atoms with E-state index in [1.807, 2.05) is 26.0 Å². The highest BCUT2D eigenvalue weighted by Gasteiger charge is 2.36. The van der Waals surface area contributed by atoms with Gasteiger partial charge in [-0.25, -0.2) is 8.78 Å². The van der Waals surface area contributed by atoms with Crippen LogP contribution >= 0.6 is 0 Å². The van der Waals surface area contributed by atoms with Gasteiger partial charge >= 0.3 is 0 Å². The van der Waals surface area contributed by atoms with Crippen LogP contribution in [-0.4, -0.2) is 19.7 Å². The van der Waals surface area contributed by atoms with E-state index in [9.17, 15) is 8.78 Å². The molecule has 0 unspecified atom stereocenters. The Balaban J connectivity index is 1.91. The van der Waals surface area contributed by atoms with Crippen LogP contribution in [0.3, 0.4) is 0 Å². The van der Waals surface area contributed by atoms with Crippen molar-refractivity contribution < 1.29 is 8.78 Å². The molecule has 3 aromatic rings. The molecule has 3 heterocycles. The highest BCUT2D eigenvalue weighted by atomic mass is 19.1. The molecule has 24 heavy (non-hydrogen) atoms. The zero-order chi connectivity index (χ0) is 16.9. The van der Waals surface area contributed by atoms with E-state index >= 15 is 0 Å². The molecule has 0 saturated heterocycles. The van der Waals surface area contributed by atoms with Crippen LogP contribution in [0.15, 0.2) is 36.7 Å². The predicted octanol–water partition coefficient (Wildman–Crippen LogP) is 3.19. The Labute approximate surface area is 137 Å². The number of halogens is 2. The summed E-state index contributed by atoms with van der Waals surface area (Å²) in [6.45, 7) is 3.79. The van der Waals surface area contributed by atoms with Gasteiger partial charge in [-0.2, -0.15) is 0 Å². The zero-order valence-corrected chi connectivity index (χ0v) is 13.2. The van der Waals surface area contributed by atoms with Crippen LogP contribution in [0.2, 0.25) is 0 Å². The lowest BCUT2D eigenvalue weighted by molar-refractivity contribution is 0.514. The molecule has 1 aromatic carbocycles. The Morgan fingerprint density at radius 2 is 2.04 bits per heavy atom. The van der Waals surface area contributed by atoms with E-state index in [-0.39, 0.29) is 5.69 Å². The number of aromatic nitrogens is 4. The monoisotopic (exact) mass is 327 g/mol. The summed E-state index contributed by atoms with van der Waals surface area (Å²) < 4.78 is 29.8. The minimum absolute atomic E-state index is 0.245. The molecule has 0 fully saturated rings. The summed E-state index contributed by atoms with van der Waals surface area (Å²) in [6.07, 6.45) is 3.87. The third-order valence-electron chi connectivity index (χ3n) is 4.07. The van der Waals surface area contributed by atoms with Gasteiger partial charge in [-0.05, 0) is 31.5 Å². The normalized spacial score (nSPS) is 14.7. The maximum Gasteiger partial charge on any atom is 0.162 e. The molecule has 1 aliphatic rings. The predicted molar refractivity (Wildman–Crippen MR) is 85.0 cm³/mol. The standard InChI is InChI=1S/C17H15F2N5/c1-17(2)16-23-22-14(6-10-4-3-5-20-9-10)24(16)15-12(19)7-11(18)8-13(15)21-17/h3-5,7-9,21H,6H2,1-2H3. The molecule has 4 rings (SSSR count). The molecule has 0 radical (unpaired) electrons. The first-order chi connectivity index (χ1) is 11.5. The van der Waals surface area contributed by atoms with E-state index in [2.05, 4.69) is 20.5 Å². The van der Waals surface area contributed by atoms with E-state index in [1.165, 1.54) is 6.07 Å². The van der Waals surface area contributed by atoms with Gasteiger partial charge in [0.25, 0.3) is 0 Å². The summed E-state index contributed by atoms with van der Waals surface area (Å²) in [5.41, 5.74) is 0.966. The summed E-state index contributed by atoms with van der Waals surface area (Å²) in [4.78, 5) is 4.09. The molecule has 0 aliphatic carbocycles. The molecule has 122 valence electrons. The molecule has 0 atom stereocenters. The number of pyridine rings is 1. The molecule has 2 aromatic heterocycles. The van der Waals surface area contributed by atoms with Crippen LogP contribution in [0.4, 0.5) is 14.5 Å². The molecule has 5 nitrogen and oxygen atoms in total. The van der Waals surface area contributed by atoms with Gasteiger partial charge in [-0.15, -0.1) is 10.2 Å². The largest absolute Gasteiger partial charge is 0.371 e. The average molecular weight is 327 g/mol. The first-order valence-electron chi connectivity index (χ1n) is 7.57. The van der Waals surface area contributed by atoms with Crippen molar-refractivity contribution in [3.05, 3.63) is 65.5 Å². The third-order valence-corrected chi connectivity index (χ3v) is 4.07. The average Bonchev–Trinajstić information content (AvgIpc) is 2.92. The highest BCUT2D eigenvalue weighted by Crippen LogP contribution is 2.38. The van der Waals surface area contributed by atoms with E-state index in [1.54, 1.807) is 17.0 Å². The fourth-order valence-electron chi connectivity index (χ4n) is 3.04. The zero-order valence-electron chi connectivity index (χ0n) is 13.2. The SMILES string of the molecule is CC1(C)Nc2cc(F)cc(F)c2-n2c(Cc3cccnc3)nnc21. The van der Waals surface area contributed by atoms with Crippen LogP contribution in [0, 0.1) is 11.6 Å². The third kappa shape index (κ3) is 2.24. The van der Waals surface area contributed by atoms with Crippen LogP contribution < -0.4 is 5.32 Å². The summed E-state index contributed by atoms with van der Waals surface area (Å²) in [5, 5.41) is 11.6. The van der Waals surface area contributed by atoms with Crippen molar-refractivity contribution in [1.29, 1.82) is 0 Å². The Morgan fingerprint density at radius 3 is 2.79 bits per heavy atom. The lowest BCUT2D eigenvalue weighted by atomic mass is 9.99. The summed E-state index contributed by atoms with van der Waals surface area (Å²) in [7, 11) is 0. The van der Waals surface area contributed by atoms with Gasteiger partial charge in [0.1, 0.15) is 17.3 Å². The van der Waals surface area contributed by atoms with Crippen molar-refractivity contribution >= 4 is 5.69 Å². The van der Waals surface area contributed by atoms with Crippen molar-refractivity contribution in [2.24, 2.45) is 0 Å². The van der Waals surface area contributed by atoms with Crippen molar-refractivity contribution in [2.45, 2.75) is 25.8 Å². The molecular formula is C17H15F2N5. The van der Waals surface area contributed by atoms with Gasteiger partial charge < -0.3 is 5.32 Å². The molecule has 0 spiro atoms. The Hall–Kier alpha value is -2.83. The summed E-state index contributed by atoms with van der Waals surface area (Å²) in [5.74, 6) is -0.111. The second-order valence-electron chi connectivity index (χ2n) is 6.35. The van der Waals surface area contributed by atoms with Gasteiger partial charge in [0.2, 0.25) is 0 Å².